The lowest BCUT2D eigenvalue weighted by Crippen LogP contribution is -2.69. The van der Waals surface area contributed by atoms with Crippen LogP contribution < -0.4 is 5.32 Å². The van der Waals surface area contributed by atoms with Crippen molar-refractivity contribution in [3.05, 3.63) is 21.9 Å². The molecule has 114 valence electrons. The van der Waals surface area contributed by atoms with Crippen molar-refractivity contribution in [2.45, 2.75) is 64.1 Å². The maximum absolute atomic E-state index is 13.0. The molecule has 0 bridgehead atoms. The second-order valence-corrected chi connectivity index (χ2v) is 7.27. The van der Waals surface area contributed by atoms with Gasteiger partial charge in [-0.1, -0.05) is 19.3 Å². The number of hydrogen-bond donors (Lipinski definition) is 1. The topological polar surface area (TPSA) is 49.4 Å². The summed E-state index contributed by atoms with van der Waals surface area (Å²) in [5.74, 6) is 0.104. The fraction of sp³-hybridized carbons (Fsp3) is 0.625. The van der Waals surface area contributed by atoms with Gasteiger partial charge in [0.25, 0.3) is 0 Å². The zero-order valence-electron chi connectivity index (χ0n) is 12.6. The first-order chi connectivity index (χ1) is 10.0. The molecule has 1 aromatic rings. The third kappa shape index (κ3) is 2.48. The van der Waals surface area contributed by atoms with Crippen molar-refractivity contribution in [2.75, 3.05) is 0 Å². The lowest BCUT2D eigenvalue weighted by molar-refractivity contribution is -0.156. The maximum Gasteiger partial charge on any atom is 0.249 e. The Morgan fingerprint density at radius 2 is 2.05 bits per heavy atom. The molecule has 2 heterocycles. The number of piperazine rings is 1. The summed E-state index contributed by atoms with van der Waals surface area (Å²) in [5.41, 5.74) is 0.566. The molecule has 1 unspecified atom stereocenters. The van der Waals surface area contributed by atoms with Crippen LogP contribution in [0.5, 0.6) is 0 Å². The number of nitrogens with one attached hydrogen (secondary N) is 1. The van der Waals surface area contributed by atoms with E-state index in [2.05, 4.69) is 18.3 Å². The first-order valence-corrected chi connectivity index (χ1v) is 8.57. The molecule has 1 aliphatic carbocycles. The molecule has 2 aliphatic rings. The van der Waals surface area contributed by atoms with E-state index in [1.165, 1.54) is 10.4 Å². The molecule has 1 N–H and O–H groups in total. The lowest BCUT2D eigenvalue weighted by Gasteiger charge is -2.46. The number of aryl methyl sites for hydroxylation is 1. The number of hydrogen-bond acceptors (Lipinski definition) is 3. The van der Waals surface area contributed by atoms with Crippen molar-refractivity contribution in [3.8, 4) is 0 Å². The third-order valence-electron chi connectivity index (χ3n) is 4.87. The van der Waals surface area contributed by atoms with Gasteiger partial charge in [0.05, 0.1) is 6.54 Å². The van der Waals surface area contributed by atoms with Crippen LogP contribution in [0.3, 0.4) is 0 Å². The minimum absolute atomic E-state index is 0.00860. The highest BCUT2D eigenvalue weighted by molar-refractivity contribution is 7.10. The molecule has 1 spiro atoms. The van der Waals surface area contributed by atoms with Crippen molar-refractivity contribution in [2.24, 2.45) is 0 Å². The number of carbonyl (C=O) groups excluding carboxylic acids is 2. The van der Waals surface area contributed by atoms with Gasteiger partial charge in [0.15, 0.2) is 0 Å². The van der Waals surface area contributed by atoms with Gasteiger partial charge in [-0.25, -0.2) is 0 Å². The van der Waals surface area contributed by atoms with E-state index in [4.69, 9.17) is 0 Å². The SMILES string of the molecule is Cc1ccsc1CN1C(=O)C2(CCCCC2)NC(=O)C1C. The van der Waals surface area contributed by atoms with Crippen LogP contribution in [0.4, 0.5) is 0 Å². The molecule has 21 heavy (non-hydrogen) atoms. The summed E-state index contributed by atoms with van der Waals surface area (Å²) in [6.45, 7) is 4.44. The van der Waals surface area contributed by atoms with Gasteiger partial charge in [-0.2, -0.15) is 0 Å². The number of amides is 2. The van der Waals surface area contributed by atoms with Crippen LogP contribution in [-0.2, 0) is 16.1 Å². The van der Waals surface area contributed by atoms with E-state index in [1.807, 2.05) is 12.3 Å². The van der Waals surface area contributed by atoms with Crippen LogP contribution in [0.15, 0.2) is 11.4 Å². The van der Waals surface area contributed by atoms with E-state index >= 15 is 0 Å². The van der Waals surface area contributed by atoms with Crippen LogP contribution in [0.2, 0.25) is 0 Å². The molecule has 1 aliphatic heterocycles. The summed E-state index contributed by atoms with van der Waals surface area (Å²) in [6.07, 6.45) is 4.76. The molecule has 0 aromatic carbocycles. The number of thiophene rings is 1. The Morgan fingerprint density at radius 3 is 2.67 bits per heavy atom. The molecule has 2 amide bonds. The maximum atomic E-state index is 13.0. The minimum atomic E-state index is -0.632. The van der Waals surface area contributed by atoms with Crippen LogP contribution in [-0.4, -0.2) is 28.3 Å². The Bertz CT molecular complexity index is 560. The van der Waals surface area contributed by atoms with E-state index < -0.39 is 5.54 Å². The van der Waals surface area contributed by atoms with Gasteiger partial charge in [0, 0.05) is 4.88 Å². The first kappa shape index (κ1) is 14.6. The van der Waals surface area contributed by atoms with Gasteiger partial charge in [0.2, 0.25) is 11.8 Å². The van der Waals surface area contributed by atoms with Gasteiger partial charge in [0.1, 0.15) is 11.6 Å². The van der Waals surface area contributed by atoms with Crippen molar-refractivity contribution in [1.29, 1.82) is 0 Å². The van der Waals surface area contributed by atoms with Crippen molar-refractivity contribution in [1.82, 2.24) is 10.2 Å². The second-order valence-electron chi connectivity index (χ2n) is 6.27. The highest BCUT2D eigenvalue weighted by atomic mass is 32.1. The molecule has 1 aromatic heterocycles. The van der Waals surface area contributed by atoms with E-state index in [0.29, 0.717) is 6.54 Å². The van der Waals surface area contributed by atoms with Crippen LogP contribution >= 0.6 is 11.3 Å². The fourth-order valence-corrected chi connectivity index (χ4v) is 4.31. The van der Waals surface area contributed by atoms with Crippen LogP contribution in [0.25, 0.3) is 0 Å². The average molecular weight is 306 g/mol. The quantitative estimate of drug-likeness (QED) is 0.913. The number of carbonyl (C=O) groups is 2. The Morgan fingerprint density at radius 1 is 1.33 bits per heavy atom. The molecule has 3 rings (SSSR count). The molecule has 1 saturated heterocycles. The lowest BCUT2D eigenvalue weighted by atomic mass is 9.78. The predicted octanol–water partition coefficient (Wildman–Crippen LogP) is 2.61. The molecule has 1 saturated carbocycles. The Balaban J connectivity index is 1.88. The molecular weight excluding hydrogens is 284 g/mol. The summed E-state index contributed by atoms with van der Waals surface area (Å²) < 4.78 is 0. The number of rotatable bonds is 2. The van der Waals surface area contributed by atoms with Gasteiger partial charge < -0.3 is 10.2 Å². The zero-order valence-corrected chi connectivity index (χ0v) is 13.5. The zero-order chi connectivity index (χ0) is 15.0. The van der Waals surface area contributed by atoms with Gasteiger partial charge in [-0.15, -0.1) is 11.3 Å². The number of nitrogens with zero attached hydrogens (tertiary/aromatic N) is 1. The molecule has 0 radical (unpaired) electrons. The summed E-state index contributed by atoms with van der Waals surface area (Å²) >= 11 is 1.66. The first-order valence-electron chi connectivity index (χ1n) is 7.69. The summed E-state index contributed by atoms with van der Waals surface area (Å²) in [4.78, 5) is 28.3. The average Bonchev–Trinajstić information content (AvgIpc) is 2.88. The van der Waals surface area contributed by atoms with Crippen molar-refractivity contribution >= 4 is 23.2 Å². The molecular formula is C16H22N2O2S. The highest BCUT2D eigenvalue weighted by Crippen LogP contribution is 2.34. The summed E-state index contributed by atoms with van der Waals surface area (Å²) in [5, 5.41) is 5.07. The van der Waals surface area contributed by atoms with Gasteiger partial charge in [-0.3, -0.25) is 9.59 Å². The smallest absolute Gasteiger partial charge is 0.249 e. The Hall–Kier alpha value is -1.36. The van der Waals surface area contributed by atoms with E-state index in [-0.39, 0.29) is 17.9 Å². The van der Waals surface area contributed by atoms with E-state index in [9.17, 15) is 9.59 Å². The standard InChI is InChI=1S/C16H22N2O2S/c1-11-6-9-21-13(11)10-18-12(2)14(19)17-16(15(18)20)7-4-3-5-8-16/h6,9,12H,3-5,7-8,10H2,1-2H3,(H,17,19). The molecule has 4 nitrogen and oxygen atoms in total. The summed E-state index contributed by atoms with van der Waals surface area (Å²) in [7, 11) is 0. The van der Waals surface area contributed by atoms with Crippen molar-refractivity contribution in [3.63, 3.8) is 0 Å². The Kier molecular flexibility index (Phi) is 3.78. The largest absolute Gasteiger partial charge is 0.340 e. The summed E-state index contributed by atoms with van der Waals surface area (Å²) in [6, 6.07) is 1.68. The van der Waals surface area contributed by atoms with Crippen LogP contribution in [0, 0.1) is 6.92 Å². The Labute approximate surface area is 129 Å². The fourth-order valence-electron chi connectivity index (χ4n) is 3.41. The van der Waals surface area contributed by atoms with E-state index in [1.54, 1.807) is 16.2 Å². The third-order valence-corrected chi connectivity index (χ3v) is 5.88. The normalized spacial score (nSPS) is 25.2. The minimum Gasteiger partial charge on any atom is -0.340 e. The van der Waals surface area contributed by atoms with E-state index in [0.717, 1.165) is 32.1 Å². The molecule has 5 heteroatoms. The molecule has 1 atom stereocenters. The molecule has 2 fully saturated rings. The second kappa shape index (κ2) is 5.44. The van der Waals surface area contributed by atoms with Crippen LogP contribution in [0.1, 0.15) is 49.5 Å². The predicted molar refractivity (Wildman–Crippen MR) is 83.0 cm³/mol. The van der Waals surface area contributed by atoms with Crippen molar-refractivity contribution < 1.29 is 9.59 Å². The monoisotopic (exact) mass is 306 g/mol. The highest BCUT2D eigenvalue weighted by Gasteiger charge is 2.49. The van der Waals surface area contributed by atoms with Gasteiger partial charge in [-0.05, 0) is 43.7 Å². The van der Waals surface area contributed by atoms with Gasteiger partial charge >= 0.3 is 0 Å².